The molecule has 0 aromatic heterocycles. The average molecular weight is 557 g/mol. The summed E-state index contributed by atoms with van der Waals surface area (Å²) in [5, 5.41) is 30.6. The van der Waals surface area contributed by atoms with Crippen LogP contribution in [-0.4, -0.2) is 64.8 Å². The first-order valence-electron chi connectivity index (χ1n) is 10.9. The number of rotatable bonds is 12. The van der Waals surface area contributed by atoms with E-state index < -0.39 is 12.2 Å². The van der Waals surface area contributed by atoms with E-state index in [2.05, 4.69) is 40.7 Å². The Labute approximate surface area is 213 Å². The van der Waals surface area contributed by atoms with Crippen LogP contribution < -0.4 is 20.4 Å². The van der Waals surface area contributed by atoms with Crippen molar-refractivity contribution in [1.29, 1.82) is 0 Å². The van der Waals surface area contributed by atoms with E-state index in [9.17, 15) is 10.2 Å². The predicted octanol–water partition coefficient (Wildman–Crippen LogP) is 2.65. The first-order chi connectivity index (χ1) is 16.2. The summed E-state index contributed by atoms with van der Waals surface area (Å²) in [6.45, 7) is 4.74. The second kappa shape index (κ2) is 12.1. The van der Waals surface area contributed by atoms with Gasteiger partial charge in [0.15, 0.2) is 0 Å². The maximum absolute atomic E-state index is 10.2. The summed E-state index contributed by atoms with van der Waals surface area (Å²) in [4.78, 5) is 0. The highest BCUT2D eigenvalue weighted by Gasteiger charge is 2.24. The van der Waals surface area contributed by atoms with E-state index in [1.807, 2.05) is 42.5 Å². The summed E-state index contributed by atoms with van der Waals surface area (Å²) < 4.78 is 12.2. The van der Waals surface area contributed by atoms with Crippen LogP contribution in [0.5, 0.6) is 11.5 Å². The lowest BCUT2D eigenvalue weighted by Crippen LogP contribution is -2.42. The molecule has 2 aromatic rings. The van der Waals surface area contributed by atoms with Gasteiger partial charge in [0.25, 0.3) is 0 Å². The fraction of sp³-hybridized carbons (Fsp3) is 0.417. The number of hydrogen-bond acceptors (Lipinski definition) is 8. The Balaban J connectivity index is 1.57. The molecule has 2 atom stereocenters. The van der Waals surface area contributed by atoms with E-state index in [-0.39, 0.29) is 31.1 Å². The highest BCUT2D eigenvalue weighted by Crippen LogP contribution is 2.36. The van der Waals surface area contributed by atoms with Crippen LogP contribution in [0, 0.1) is 0 Å². The van der Waals surface area contributed by atoms with Gasteiger partial charge in [0.05, 0.1) is 29.2 Å². The lowest BCUT2D eigenvalue weighted by atomic mass is 9.78. The van der Waals surface area contributed by atoms with Crippen LogP contribution in [-0.2, 0) is 5.41 Å². The second-order valence-corrected chi connectivity index (χ2v) is 9.74. The minimum absolute atomic E-state index is 0.105. The molecule has 0 fully saturated rings. The van der Waals surface area contributed by atoms with Crippen molar-refractivity contribution in [3.05, 3.63) is 70.0 Å². The van der Waals surface area contributed by atoms with Crippen LogP contribution in [0.2, 0.25) is 0 Å². The van der Waals surface area contributed by atoms with Gasteiger partial charge in [0.2, 0.25) is 0 Å². The Hall–Kier alpha value is -2.01. The standard InChI is InChI=1S/C24H31BrClN3O5/c1-24(2,17-5-8-23(22(25)9-17)34-14-19(31)10-26)16-3-6-21(7-4-16)33-15-20(32)12-29-11-18(13-30)27-28-29/h3-9,11,19-20,27-28,30-32H,10,12-15H2,1-2H3/t19-,20+/m1/s1. The number of hydrogen-bond donors (Lipinski definition) is 5. The average Bonchev–Trinajstić information content (AvgIpc) is 3.29. The van der Waals surface area contributed by atoms with E-state index in [0.29, 0.717) is 23.7 Å². The summed E-state index contributed by atoms with van der Waals surface area (Å²) in [5.41, 5.74) is 8.18. The van der Waals surface area contributed by atoms with Gasteiger partial charge in [-0.3, -0.25) is 5.01 Å². The Kier molecular flexibility index (Phi) is 9.47. The van der Waals surface area contributed by atoms with Crippen molar-refractivity contribution in [2.75, 3.05) is 32.2 Å². The molecule has 0 bridgehead atoms. The number of ether oxygens (including phenoxy) is 2. The van der Waals surface area contributed by atoms with Gasteiger partial charge in [0, 0.05) is 11.6 Å². The Bertz CT molecular complexity index is 974. The summed E-state index contributed by atoms with van der Waals surface area (Å²) >= 11 is 9.18. The number of benzene rings is 2. The van der Waals surface area contributed by atoms with Crippen LogP contribution in [0.25, 0.3) is 0 Å². The Morgan fingerprint density at radius 3 is 2.32 bits per heavy atom. The van der Waals surface area contributed by atoms with Crippen LogP contribution in [0.15, 0.2) is 58.8 Å². The molecule has 0 radical (unpaired) electrons. The van der Waals surface area contributed by atoms with Crippen molar-refractivity contribution in [3.63, 3.8) is 0 Å². The quantitative estimate of drug-likeness (QED) is 0.254. The Morgan fingerprint density at radius 2 is 1.71 bits per heavy atom. The summed E-state index contributed by atoms with van der Waals surface area (Å²) in [6.07, 6.45) is 0.264. The first-order valence-corrected chi connectivity index (χ1v) is 12.2. The molecule has 0 amide bonds. The molecule has 34 heavy (non-hydrogen) atoms. The lowest BCUT2D eigenvalue weighted by Gasteiger charge is -2.27. The number of nitrogens with zero attached hydrogens (tertiary/aromatic N) is 1. The van der Waals surface area contributed by atoms with Crippen molar-refractivity contribution >= 4 is 27.5 Å². The molecule has 0 aliphatic carbocycles. The van der Waals surface area contributed by atoms with Gasteiger partial charge in [-0.2, -0.15) is 0 Å². The fourth-order valence-electron chi connectivity index (χ4n) is 3.42. The molecule has 3 rings (SSSR count). The highest BCUT2D eigenvalue weighted by atomic mass is 79.9. The van der Waals surface area contributed by atoms with Crippen LogP contribution in [0.4, 0.5) is 0 Å². The SMILES string of the molecule is CC(C)(c1ccc(OC[C@@H](O)CN2C=C(CO)NN2)cc1)c1ccc(OC[C@H](O)CCl)c(Br)c1. The third-order valence-corrected chi connectivity index (χ3v) is 6.51. The number of aliphatic hydroxyl groups excluding tert-OH is 3. The minimum Gasteiger partial charge on any atom is -0.491 e. The molecule has 0 spiro atoms. The van der Waals surface area contributed by atoms with Gasteiger partial charge in [-0.1, -0.05) is 32.0 Å². The monoisotopic (exact) mass is 555 g/mol. The van der Waals surface area contributed by atoms with Crippen molar-refractivity contribution in [2.24, 2.45) is 0 Å². The molecular weight excluding hydrogens is 526 g/mol. The van der Waals surface area contributed by atoms with E-state index in [4.69, 9.17) is 26.2 Å². The van der Waals surface area contributed by atoms with E-state index in [1.54, 1.807) is 11.2 Å². The lowest BCUT2D eigenvalue weighted by molar-refractivity contribution is 0.0687. The van der Waals surface area contributed by atoms with E-state index in [0.717, 1.165) is 15.6 Å². The molecule has 10 heteroatoms. The van der Waals surface area contributed by atoms with Crippen molar-refractivity contribution in [3.8, 4) is 11.5 Å². The summed E-state index contributed by atoms with van der Waals surface area (Å²) in [7, 11) is 0. The molecule has 1 aliphatic heterocycles. The van der Waals surface area contributed by atoms with E-state index >= 15 is 0 Å². The molecule has 5 N–H and O–H groups in total. The van der Waals surface area contributed by atoms with Gasteiger partial charge in [-0.05, 0) is 51.3 Å². The number of alkyl halides is 1. The maximum atomic E-state index is 10.2. The molecule has 1 aliphatic rings. The van der Waals surface area contributed by atoms with Gasteiger partial charge >= 0.3 is 0 Å². The molecule has 0 saturated heterocycles. The topological polar surface area (TPSA) is 106 Å². The number of hydrazine groups is 2. The fourth-order valence-corrected chi connectivity index (χ4v) is 4.00. The van der Waals surface area contributed by atoms with Crippen molar-refractivity contribution in [2.45, 2.75) is 31.5 Å². The zero-order chi connectivity index (χ0) is 24.7. The van der Waals surface area contributed by atoms with Crippen LogP contribution in [0.1, 0.15) is 25.0 Å². The summed E-state index contributed by atoms with van der Waals surface area (Å²) in [5.74, 6) is 1.44. The number of aliphatic hydroxyl groups is 3. The van der Waals surface area contributed by atoms with Gasteiger partial charge in [-0.25, -0.2) is 0 Å². The number of nitrogens with one attached hydrogen (secondary N) is 2. The van der Waals surface area contributed by atoms with Crippen molar-refractivity contribution < 1.29 is 24.8 Å². The Morgan fingerprint density at radius 1 is 1.03 bits per heavy atom. The zero-order valence-electron chi connectivity index (χ0n) is 19.2. The van der Waals surface area contributed by atoms with Gasteiger partial charge in [0.1, 0.15) is 36.9 Å². The van der Waals surface area contributed by atoms with Crippen molar-refractivity contribution in [1.82, 2.24) is 16.0 Å². The highest BCUT2D eigenvalue weighted by molar-refractivity contribution is 9.10. The van der Waals surface area contributed by atoms with Gasteiger partial charge in [-0.15, -0.1) is 17.1 Å². The van der Waals surface area contributed by atoms with Crippen LogP contribution >= 0.6 is 27.5 Å². The predicted molar refractivity (Wildman–Crippen MR) is 135 cm³/mol. The van der Waals surface area contributed by atoms with E-state index in [1.165, 1.54) is 0 Å². The molecule has 8 nitrogen and oxygen atoms in total. The largest absolute Gasteiger partial charge is 0.491 e. The molecule has 186 valence electrons. The number of halogens is 2. The minimum atomic E-state index is -0.719. The molecule has 2 aromatic carbocycles. The number of β-amino-alcohol motifs (C(OH)–C–C–N with tert-alkyl or cyclic N) is 1. The molecular formula is C24H31BrClN3O5. The molecule has 1 heterocycles. The molecule has 0 saturated carbocycles. The smallest absolute Gasteiger partial charge is 0.133 e. The maximum Gasteiger partial charge on any atom is 0.133 e. The zero-order valence-corrected chi connectivity index (χ0v) is 21.5. The third kappa shape index (κ3) is 7.00. The summed E-state index contributed by atoms with van der Waals surface area (Å²) in [6, 6.07) is 13.7. The van der Waals surface area contributed by atoms with Gasteiger partial charge < -0.3 is 30.2 Å². The third-order valence-electron chi connectivity index (χ3n) is 5.53. The van der Waals surface area contributed by atoms with Crippen LogP contribution in [0.3, 0.4) is 0 Å². The second-order valence-electron chi connectivity index (χ2n) is 8.58. The normalized spacial score (nSPS) is 15.5. The first kappa shape index (κ1) is 26.6. The molecule has 0 unspecified atom stereocenters.